The van der Waals surface area contributed by atoms with Crippen LogP contribution in [0.1, 0.15) is 0 Å². The largest absolute Gasteiger partial charge is 0.216 e. The van der Waals surface area contributed by atoms with E-state index in [0.29, 0.717) is 5.82 Å². The second kappa shape index (κ2) is 4.14. The van der Waals surface area contributed by atoms with E-state index in [-0.39, 0.29) is 11.0 Å². The molecule has 0 radical (unpaired) electrons. The van der Waals surface area contributed by atoms with Crippen molar-refractivity contribution < 1.29 is 0 Å². The Labute approximate surface area is 90.9 Å². The SMILES string of the molecule is O=Nc1cc(Cl)nc(-c2ccccc2)n1. The van der Waals surface area contributed by atoms with Gasteiger partial charge in [-0.1, -0.05) is 41.9 Å². The lowest BCUT2D eigenvalue weighted by molar-refractivity contribution is 1.15. The molecule has 0 atom stereocenters. The van der Waals surface area contributed by atoms with Crippen LogP contribution in [0.25, 0.3) is 11.4 Å². The summed E-state index contributed by atoms with van der Waals surface area (Å²) in [6.07, 6.45) is 0. The quantitative estimate of drug-likeness (QED) is 0.576. The van der Waals surface area contributed by atoms with Crippen LogP contribution in [0.15, 0.2) is 41.6 Å². The summed E-state index contributed by atoms with van der Waals surface area (Å²) in [6, 6.07) is 10.6. The van der Waals surface area contributed by atoms with Gasteiger partial charge in [-0.3, -0.25) is 0 Å². The Balaban J connectivity index is 2.53. The lowest BCUT2D eigenvalue weighted by atomic mass is 10.2. The first-order valence-corrected chi connectivity index (χ1v) is 4.61. The first-order valence-electron chi connectivity index (χ1n) is 4.23. The van der Waals surface area contributed by atoms with Gasteiger partial charge in [0.1, 0.15) is 5.15 Å². The normalized spacial score (nSPS) is 9.93. The van der Waals surface area contributed by atoms with Crippen LogP contribution < -0.4 is 0 Å². The Morgan fingerprint density at radius 3 is 2.53 bits per heavy atom. The van der Waals surface area contributed by atoms with Gasteiger partial charge >= 0.3 is 0 Å². The Bertz CT molecular complexity index is 487. The van der Waals surface area contributed by atoms with Crippen molar-refractivity contribution in [3.63, 3.8) is 0 Å². The number of hydrogen-bond acceptors (Lipinski definition) is 4. The fraction of sp³-hybridized carbons (Fsp3) is 0. The van der Waals surface area contributed by atoms with E-state index in [9.17, 15) is 4.91 Å². The van der Waals surface area contributed by atoms with Gasteiger partial charge in [-0.25, -0.2) is 9.97 Å². The van der Waals surface area contributed by atoms with Crippen LogP contribution in [0.3, 0.4) is 0 Å². The molecule has 0 saturated heterocycles. The third-order valence-electron chi connectivity index (χ3n) is 1.81. The second-order valence-electron chi connectivity index (χ2n) is 2.83. The summed E-state index contributed by atoms with van der Waals surface area (Å²) in [5.41, 5.74) is 0.796. The summed E-state index contributed by atoms with van der Waals surface area (Å²) in [7, 11) is 0. The van der Waals surface area contributed by atoms with Crippen LogP contribution in [-0.2, 0) is 0 Å². The maximum atomic E-state index is 10.3. The minimum Gasteiger partial charge on any atom is -0.216 e. The summed E-state index contributed by atoms with van der Waals surface area (Å²) in [5.74, 6) is 0.437. The van der Waals surface area contributed by atoms with Crippen molar-refractivity contribution in [2.75, 3.05) is 0 Å². The summed E-state index contributed by atoms with van der Waals surface area (Å²) in [5, 5.41) is 2.94. The topological polar surface area (TPSA) is 55.2 Å². The van der Waals surface area contributed by atoms with Gasteiger partial charge in [-0.15, -0.1) is 4.91 Å². The molecule has 0 spiro atoms. The minimum absolute atomic E-state index is 0.0360. The lowest BCUT2D eigenvalue weighted by Crippen LogP contribution is -1.88. The van der Waals surface area contributed by atoms with Crippen molar-refractivity contribution in [3.05, 3.63) is 46.5 Å². The smallest absolute Gasteiger partial charge is 0.201 e. The number of rotatable bonds is 2. The molecule has 0 bridgehead atoms. The minimum atomic E-state index is 0.0360. The summed E-state index contributed by atoms with van der Waals surface area (Å²) >= 11 is 5.73. The molecule has 1 aromatic heterocycles. The number of nitrogens with zero attached hydrogens (tertiary/aromatic N) is 3. The molecule has 1 heterocycles. The number of aromatic nitrogens is 2. The van der Waals surface area contributed by atoms with E-state index in [4.69, 9.17) is 11.6 Å². The first kappa shape index (κ1) is 9.73. The van der Waals surface area contributed by atoms with Crippen LogP contribution >= 0.6 is 11.6 Å². The highest BCUT2D eigenvalue weighted by Gasteiger charge is 2.05. The molecule has 5 heteroatoms. The molecule has 15 heavy (non-hydrogen) atoms. The molecular weight excluding hydrogens is 214 g/mol. The Hall–Kier alpha value is -1.81. The van der Waals surface area contributed by atoms with Crippen molar-refractivity contribution >= 4 is 17.4 Å². The van der Waals surface area contributed by atoms with E-state index in [1.54, 1.807) is 0 Å². The van der Waals surface area contributed by atoms with Crippen molar-refractivity contribution in [3.8, 4) is 11.4 Å². The van der Waals surface area contributed by atoms with Gasteiger partial charge in [0.15, 0.2) is 5.82 Å². The molecule has 0 amide bonds. The van der Waals surface area contributed by atoms with E-state index in [1.165, 1.54) is 6.07 Å². The Morgan fingerprint density at radius 1 is 1.13 bits per heavy atom. The van der Waals surface area contributed by atoms with E-state index in [2.05, 4.69) is 15.1 Å². The van der Waals surface area contributed by atoms with Crippen LogP contribution in [-0.4, -0.2) is 9.97 Å². The van der Waals surface area contributed by atoms with Crippen LogP contribution in [0.4, 0.5) is 5.82 Å². The fourth-order valence-electron chi connectivity index (χ4n) is 1.17. The van der Waals surface area contributed by atoms with E-state index < -0.39 is 0 Å². The van der Waals surface area contributed by atoms with Gasteiger partial charge in [0.25, 0.3) is 0 Å². The molecule has 74 valence electrons. The molecule has 0 aliphatic heterocycles. The molecule has 0 unspecified atom stereocenters. The third-order valence-corrected chi connectivity index (χ3v) is 2.00. The van der Waals surface area contributed by atoms with Crippen molar-refractivity contribution in [1.29, 1.82) is 0 Å². The molecule has 0 saturated carbocycles. The van der Waals surface area contributed by atoms with Crippen LogP contribution in [0.2, 0.25) is 5.15 Å². The predicted molar refractivity (Wildman–Crippen MR) is 57.9 cm³/mol. The number of benzene rings is 1. The first-order chi connectivity index (χ1) is 7.29. The van der Waals surface area contributed by atoms with Crippen LogP contribution in [0, 0.1) is 4.91 Å². The van der Waals surface area contributed by atoms with E-state index >= 15 is 0 Å². The molecule has 0 aliphatic carbocycles. The van der Waals surface area contributed by atoms with Crippen molar-refractivity contribution in [1.82, 2.24) is 9.97 Å². The highest BCUT2D eigenvalue weighted by atomic mass is 35.5. The van der Waals surface area contributed by atoms with Gasteiger partial charge in [-0.05, 0) is 5.18 Å². The van der Waals surface area contributed by atoms with Gasteiger partial charge in [-0.2, -0.15) is 0 Å². The average molecular weight is 220 g/mol. The van der Waals surface area contributed by atoms with E-state index in [0.717, 1.165) is 5.56 Å². The fourth-order valence-corrected chi connectivity index (χ4v) is 1.35. The highest BCUT2D eigenvalue weighted by molar-refractivity contribution is 6.29. The molecule has 0 N–H and O–H groups in total. The molecule has 0 aliphatic rings. The Morgan fingerprint density at radius 2 is 1.87 bits per heavy atom. The zero-order valence-corrected chi connectivity index (χ0v) is 8.35. The molecule has 4 nitrogen and oxygen atoms in total. The van der Waals surface area contributed by atoms with Crippen molar-refractivity contribution in [2.24, 2.45) is 5.18 Å². The molecule has 2 rings (SSSR count). The number of nitroso groups, excluding NO2 is 1. The summed E-state index contributed by atoms with van der Waals surface area (Å²) in [6.45, 7) is 0. The van der Waals surface area contributed by atoms with E-state index in [1.807, 2.05) is 30.3 Å². The van der Waals surface area contributed by atoms with Crippen LogP contribution in [0.5, 0.6) is 0 Å². The van der Waals surface area contributed by atoms with Gasteiger partial charge in [0.05, 0.1) is 0 Å². The molecule has 0 fully saturated rings. The monoisotopic (exact) mass is 219 g/mol. The summed E-state index contributed by atoms with van der Waals surface area (Å²) < 4.78 is 0. The zero-order chi connectivity index (χ0) is 10.7. The van der Waals surface area contributed by atoms with Gasteiger partial charge < -0.3 is 0 Å². The van der Waals surface area contributed by atoms with Gasteiger partial charge in [0.2, 0.25) is 5.82 Å². The average Bonchev–Trinajstić information content (AvgIpc) is 2.29. The zero-order valence-electron chi connectivity index (χ0n) is 7.59. The summed E-state index contributed by atoms with van der Waals surface area (Å²) in [4.78, 5) is 18.3. The lowest BCUT2D eigenvalue weighted by Gasteiger charge is -2.00. The highest BCUT2D eigenvalue weighted by Crippen LogP contribution is 2.20. The third kappa shape index (κ3) is 2.16. The molecular formula is C10H6ClN3O. The Kier molecular flexibility index (Phi) is 2.69. The standard InChI is InChI=1S/C10H6ClN3O/c11-8-6-9(14-15)13-10(12-8)7-4-2-1-3-5-7/h1-6H. The van der Waals surface area contributed by atoms with Gasteiger partial charge in [0, 0.05) is 11.6 Å². The maximum absolute atomic E-state index is 10.3. The number of hydrogen-bond donors (Lipinski definition) is 0. The molecule has 2 aromatic rings. The second-order valence-corrected chi connectivity index (χ2v) is 3.22. The molecule has 1 aromatic carbocycles. The number of halogens is 1. The predicted octanol–water partition coefficient (Wildman–Crippen LogP) is 3.19. The maximum Gasteiger partial charge on any atom is 0.201 e. The van der Waals surface area contributed by atoms with Crippen molar-refractivity contribution in [2.45, 2.75) is 0 Å².